The third-order valence-electron chi connectivity index (χ3n) is 2.63. The second-order valence-corrected chi connectivity index (χ2v) is 4.49. The Morgan fingerprint density at radius 3 is 2.75 bits per heavy atom. The molecule has 0 spiro atoms. The summed E-state index contributed by atoms with van der Waals surface area (Å²) in [7, 11) is 0. The summed E-state index contributed by atoms with van der Waals surface area (Å²) < 4.78 is 27.1. The van der Waals surface area contributed by atoms with Gasteiger partial charge in [0.15, 0.2) is 0 Å². The van der Waals surface area contributed by atoms with Crippen molar-refractivity contribution in [3.63, 3.8) is 0 Å². The number of aromatic nitrogens is 2. The number of halogens is 2. The molecule has 16 heavy (non-hydrogen) atoms. The summed E-state index contributed by atoms with van der Waals surface area (Å²) in [6.07, 6.45) is 0.366. The summed E-state index contributed by atoms with van der Waals surface area (Å²) >= 11 is 0.934. The first-order valence-electron chi connectivity index (χ1n) is 4.63. The fourth-order valence-corrected chi connectivity index (χ4v) is 1.88. The molecular formula is C8H9F2N3O2S. The zero-order chi connectivity index (χ0) is 11.8. The quantitative estimate of drug-likeness (QED) is 0.838. The second kappa shape index (κ2) is 3.70. The van der Waals surface area contributed by atoms with E-state index < -0.39 is 17.4 Å². The third kappa shape index (κ3) is 1.67. The predicted molar refractivity (Wildman–Crippen MR) is 52.3 cm³/mol. The number of aliphatic hydroxyl groups is 1. The first-order valence-corrected chi connectivity index (χ1v) is 5.51. The number of alkyl halides is 2. The molecule has 2 rings (SSSR count). The molecule has 8 heteroatoms. The van der Waals surface area contributed by atoms with Crippen LogP contribution in [0.25, 0.3) is 0 Å². The normalized spacial score (nSPS) is 18.9. The molecule has 0 aliphatic heterocycles. The Labute approximate surface area is 93.5 Å². The molecule has 1 aliphatic rings. The highest BCUT2D eigenvalue weighted by Gasteiger charge is 2.61. The number of anilines is 1. The third-order valence-corrected chi connectivity index (χ3v) is 3.24. The number of rotatable bonds is 3. The lowest BCUT2D eigenvalue weighted by molar-refractivity contribution is -0.212. The van der Waals surface area contributed by atoms with Crippen molar-refractivity contribution in [1.82, 2.24) is 10.2 Å². The van der Waals surface area contributed by atoms with Gasteiger partial charge in [-0.05, 0) is 19.3 Å². The van der Waals surface area contributed by atoms with Gasteiger partial charge in [-0.1, -0.05) is 11.3 Å². The lowest BCUT2D eigenvalue weighted by Gasteiger charge is -2.41. The Morgan fingerprint density at radius 2 is 2.31 bits per heavy atom. The van der Waals surface area contributed by atoms with E-state index in [0.717, 1.165) is 11.3 Å². The van der Waals surface area contributed by atoms with Crippen molar-refractivity contribution >= 4 is 22.4 Å². The highest BCUT2D eigenvalue weighted by Crippen LogP contribution is 2.44. The van der Waals surface area contributed by atoms with Crippen LogP contribution in [0, 0.1) is 0 Å². The Bertz CT molecular complexity index is 392. The van der Waals surface area contributed by atoms with E-state index in [1.165, 1.54) is 5.51 Å². The average Bonchev–Trinajstić information content (AvgIpc) is 2.66. The minimum Gasteiger partial charge on any atom is -0.383 e. The van der Waals surface area contributed by atoms with Gasteiger partial charge < -0.3 is 5.11 Å². The van der Waals surface area contributed by atoms with E-state index in [9.17, 15) is 18.7 Å². The van der Waals surface area contributed by atoms with Crippen molar-refractivity contribution in [3.05, 3.63) is 5.51 Å². The van der Waals surface area contributed by atoms with Crippen LogP contribution in [0.3, 0.4) is 0 Å². The molecule has 1 aliphatic carbocycles. The Balaban J connectivity index is 2.08. The summed E-state index contributed by atoms with van der Waals surface area (Å²) in [5.74, 6) is -5.33. The van der Waals surface area contributed by atoms with E-state index in [4.69, 9.17) is 0 Å². The maximum absolute atomic E-state index is 13.5. The summed E-state index contributed by atoms with van der Waals surface area (Å²) in [4.78, 5) is 11.3. The molecule has 1 saturated carbocycles. The van der Waals surface area contributed by atoms with Crippen molar-refractivity contribution in [2.24, 2.45) is 0 Å². The summed E-state index contributed by atoms with van der Waals surface area (Å²) in [6.45, 7) is 0. The molecule has 0 aromatic carbocycles. The predicted octanol–water partition coefficient (Wildman–Crippen LogP) is 1.03. The zero-order valence-electron chi connectivity index (χ0n) is 8.11. The molecule has 0 atom stereocenters. The van der Waals surface area contributed by atoms with Crippen LogP contribution < -0.4 is 5.32 Å². The summed E-state index contributed by atoms with van der Waals surface area (Å²) in [6, 6.07) is 0. The number of hydrogen-bond donors (Lipinski definition) is 2. The topological polar surface area (TPSA) is 75.1 Å². The van der Waals surface area contributed by atoms with Gasteiger partial charge in [0.1, 0.15) is 11.1 Å². The number of hydrogen-bond acceptors (Lipinski definition) is 5. The van der Waals surface area contributed by atoms with Crippen molar-refractivity contribution in [1.29, 1.82) is 0 Å². The van der Waals surface area contributed by atoms with Gasteiger partial charge in [0.2, 0.25) is 5.13 Å². The van der Waals surface area contributed by atoms with Crippen molar-refractivity contribution in [3.8, 4) is 0 Å². The SMILES string of the molecule is O=C(Nc1nncs1)C(F)(F)C1(O)CCC1. The zero-order valence-corrected chi connectivity index (χ0v) is 8.93. The molecule has 1 fully saturated rings. The van der Waals surface area contributed by atoms with Crippen LogP contribution in [0.4, 0.5) is 13.9 Å². The van der Waals surface area contributed by atoms with Gasteiger partial charge in [0.25, 0.3) is 5.91 Å². The summed E-state index contributed by atoms with van der Waals surface area (Å²) in [5, 5.41) is 18.2. The average molecular weight is 249 g/mol. The Morgan fingerprint density at radius 1 is 1.62 bits per heavy atom. The molecule has 2 N–H and O–H groups in total. The molecule has 0 radical (unpaired) electrons. The van der Waals surface area contributed by atoms with E-state index in [1.807, 2.05) is 5.32 Å². The Kier molecular flexibility index (Phi) is 2.62. The molecule has 88 valence electrons. The van der Waals surface area contributed by atoms with Gasteiger partial charge in [0, 0.05) is 0 Å². The molecular weight excluding hydrogens is 240 g/mol. The van der Waals surface area contributed by atoms with Crippen LogP contribution in [-0.4, -0.2) is 32.7 Å². The lowest BCUT2D eigenvalue weighted by atomic mass is 9.75. The van der Waals surface area contributed by atoms with E-state index in [2.05, 4.69) is 10.2 Å². The van der Waals surface area contributed by atoms with Gasteiger partial charge in [-0.2, -0.15) is 8.78 Å². The maximum atomic E-state index is 13.5. The highest BCUT2D eigenvalue weighted by atomic mass is 32.1. The van der Waals surface area contributed by atoms with Crippen LogP contribution in [-0.2, 0) is 4.79 Å². The fourth-order valence-electron chi connectivity index (χ4n) is 1.44. The lowest BCUT2D eigenvalue weighted by Crippen LogP contribution is -2.59. The first kappa shape index (κ1) is 11.3. The van der Waals surface area contributed by atoms with E-state index in [-0.39, 0.29) is 18.0 Å². The van der Waals surface area contributed by atoms with Crippen molar-refractivity contribution in [2.45, 2.75) is 30.8 Å². The molecule has 1 amide bonds. The molecule has 1 heterocycles. The number of carbonyl (C=O) groups is 1. The molecule has 1 aromatic heterocycles. The van der Waals surface area contributed by atoms with Crippen molar-refractivity contribution < 1.29 is 18.7 Å². The minimum absolute atomic E-state index is 0.00685. The fraction of sp³-hybridized carbons (Fsp3) is 0.625. The van der Waals surface area contributed by atoms with E-state index in [1.54, 1.807) is 0 Å². The maximum Gasteiger partial charge on any atom is 0.352 e. The van der Waals surface area contributed by atoms with Crippen LogP contribution in [0.2, 0.25) is 0 Å². The van der Waals surface area contributed by atoms with Crippen LogP contribution in [0.15, 0.2) is 5.51 Å². The highest BCUT2D eigenvalue weighted by molar-refractivity contribution is 7.13. The first-order chi connectivity index (χ1) is 7.46. The smallest absolute Gasteiger partial charge is 0.352 e. The van der Waals surface area contributed by atoms with E-state index in [0.29, 0.717) is 6.42 Å². The standard InChI is InChI=1S/C8H9F2N3O2S/c9-8(10,7(15)2-1-3-7)5(14)12-6-13-11-4-16-6/h4,15H,1-3H2,(H,12,13,14). The van der Waals surface area contributed by atoms with Gasteiger partial charge in [-0.15, -0.1) is 10.2 Å². The van der Waals surface area contributed by atoms with Gasteiger partial charge in [-0.3, -0.25) is 10.1 Å². The van der Waals surface area contributed by atoms with Crippen LogP contribution >= 0.6 is 11.3 Å². The second-order valence-electron chi connectivity index (χ2n) is 3.66. The molecule has 1 aromatic rings. The minimum atomic E-state index is -3.79. The Hall–Kier alpha value is -1.15. The van der Waals surface area contributed by atoms with Gasteiger partial charge in [-0.25, -0.2) is 0 Å². The molecule has 0 saturated heterocycles. The number of nitrogens with zero attached hydrogens (tertiary/aromatic N) is 2. The molecule has 0 bridgehead atoms. The van der Waals surface area contributed by atoms with Crippen LogP contribution in [0.5, 0.6) is 0 Å². The molecule has 0 unspecified atom stereocenters. The number of carbonyl (C=O) groups excluding carboxylic acids is 1. The molecule has 5 nitrogen and oxygen atoms in total. The number of amides is 1. The number of nitrogens with one attached hydrogen (secondary N) is 1. The van der Waals surface area contributed by atoms with Crippen molar-refractivity contribution in [2.75, 3.05) is 5.32 Å². The largest absolute Gasteiger partial charge is 0.383 e. The summed E-state index contributed by atoms with van der Waals surface area (Å²) in [5.41, 5.74) is -0.895. The van der Waals surface area contributed by atoms with E-state index >= 15 is 0 Å². The monoisotopic (exact) mass is 249 g/mol. The van der Waals surface area contributed by atoms with Crippen LogP contribution in [0.1, 0.15) is 19.3 Å². The van der Waals surface area contributed by atoms with Gasteiger partial charge >= 0.3 is 5.92 Å². The van der Waals surface area contributed by atoms with Gasteiger partial charge in [0.05, 0.1) is 0 Å².